The van der Waals surface area contributed by atoms with Crippen LogP contribution in [-0.4, -0.2) is 0 Å². The van der Waals surface area contributed by atoms with Gasteiger partial charge >= 0.3 is 0 Å². The summed E-state index contributed by atoms with van der Waals surface area (Å²) in [6.45, 7) is 4.33. The molecule has 0 aliphatic carbocycles. The van der Waals surface area contributed by atoms with Gasteiger partial charge in [0.15, 0.2) is 0 Å². The fourth-order valence-corrected chi connectivity index (χ4v) is 3.39. The predicted octanol–water partition coefficient (Wildman–Crippen LogP) is 5.10. The zero-order chi connectivity index (χ0) is 11.5. The maximum atomic E-state index is 3.78. The highest BCUT2D eigenvalue weighted by molar-refractivity contribution is 9.09. The second-order valence-corrected chi connectivity index (χ2v) is 6.05. The van der Waals surface area contributed by atoms with Gasteiger partial charge in [0.05, 0.1) is 4.83 Å². The third-order valence-electron chi connectivity index (χ3n) is 2.62. The SMILES string of the molecule is CCc1ccc(C(Br)c2cccc(C)c2)s1. The Hall–Kier alpha value is -0.600. The molecular formula is C14H15BrS. The minimum Gasteiger partial charge on any atom is -0.144 e. The van der Waals surface area contributed by atoms with Gasteiger partial charge in [-0.05, 0) is 31.0 Å². The number of alkyl halides is 1. The van der Waals surface area contributed by atoms with Crippen molar-refractivity contribution in [2.24, 2.45) is 0 Å². The third kappa shape index (κ3) is 2.55. The van der Waals surface area contributed by atoms with Gasteiger partial charge in [0, 0.05) is 9.75 Å². The zero-order valence-corrected chi connectivity index (χ0v) is 11.9. The average molecular weight is 295 g/mol. The van der Waals surface area contributed by atoms with Crippen molar-refractivity contribution in [3.05, 3.63) is 57.3 Å². The number of benzene rings is 1. The largest absolute Gasteiger partial charge is 0.144 e. The molecule has 16 heavy (non-hydrogen) atoms. The molecule has 1 unspecified atom stereocenters. The Bertz CT molecular complexity index is 473. The van der Waals surface area contributed by atoms with Crippen LogP contribution < -0.4 is 0 Å². The van der Waals surface area contributed by atoms with Gasteiger partial charge in [0.1, 0.15) is 0 Å². The van der Waals surface area contributed by atoms with E-state index >= 15 is 0 Å². The first-order valence-electron chi connectivity index (χ1n) is 5.50. The average Bonchev–Trinajstić information content (AvgIpc) is 2.76. The van der Waals surface area contributed by atoms with Gasteiger partial charge in [0.25, 0.3) is 0 Å². The second-order valence-electron chi connectivity index (χ2n) is 3.93. The quantitative estimate of drug-likeness (QED) is 0.691. The highest BCUT2D eigenvalue weighted by atomic mass is 79.9. The lowest BCUT2D eigenvalue weighted by Crippen LogP contribution is -1.89. The molecule has 1 heterocycles. The summed E-state index contributed by atoms with van der Waals surface area (Å²) in [6, 6.07) is 13.1. The Morgan fingerprint density at radius 3 is 2.69 bits per heavy atom. The Labute approximate surface area is 109 Å². The van der Waals surface area contributed by atoms with Crippen LogP contribution in [0.5, 0.6) is 0 Å². The fraction of sp³-hybridized carbons (Fsp3) is 0.286. The molecule has 2 aromatic rings. The standard InChI is InChI=1S/C14H15BrS/c1-3-12-7-8-13(16-12)14(15)11-6-4-5-10(2)9-11/h4-9,14H,3H2,1-2H3. The molecule has 2 rings (SSSR count). The number of hydrogen-bond donors (Lipinski definition) is 0. The molecule has 2 heteroatoms. The lowest BCUT2D eigenvalue weighted by atomic mass is 10.1. The molecule has 0 saturated heterocycles. The van der Waals surface area contributed by atoms with E-state index in [9.17, 15) is 0 Å². The van der Waals surface area contributed by atoms with Crippen LogP contribution >= 0.6 is 27.3 Å². The van der Waals surface area contributed by atoms with E-state index in [4.69, 9.17) is 0 Å². The van der Waals surface area contributed by atoms with Crippen molar-refractivity contribution in [3.63, 3.8) is 0 Å². The number of thiophene rings is 1. The molecule has 0 aliphatic heterocycles. The Morgan fingerprint density at radius 1 is 1.25 bits per heavy atom. The molecule has 1 aromatic carbocycles. The highest BCUT2D eigenvalue weighted by Crippen LogP contribution is 2.35. The molecule has 0 saturated carbocycles. The van der Waals surface area contributed by atoms with Gasteiger partial charge in [-0.25, -0.2) is 0 Å². The first kappa shape index (κ1) is 11.9. The van der Waals surface area contributed by atoms with E-state index < -0.39 is 0 Å². The summed E-state index contributed by atoms with van der Waals surface area (Å²) in [7, 11) is 0. The highest BCUT2D eigenvalue weighted by Gasteiger charge is 2.12. The molecule has 0 fully saturated rings. The zero-order valence-electron chi connectivity index (χ0n) is 9.53. The van der Waals surface area contributed by atoms with E-state index in [0.717, 1.165) is 6.42 Å². The van der Waals surface area contributed by atoms with Crippen molar-refractivity contribution in [2.45, 2.75) is 25.1 Å². The monoisotopic (exact) mass is 294 g/mol. The van der Waals surface area contributed by atoms with Crippen LogP contribution in [0.15, 0.2) is 36.4 Å². The predicted molar refractivity (Wildman–Crippen MR) is 75.6 cm³/mol. The second kappa shape index (κ2) is 5.15. The van der Waals surface area contributed by atoms with E-state index in [1.807, 2.05) is 11.3 Å². The summed E-state index contributed by atoms with van der Waals surface area (Å²) >= 11 is 5.68. The van der Waals surface area contributed by atoms with Crippen molar-refractivity contribution < 1.29 is 0 Å². The van der Waals surface area contributed by atoms with Crippen molar-refractivity contribution >= 4 is 27.3 Å². The lowest BCUT2D eigenvalue weighted by Gasteiger charge is -2.08. The van der Waals surface area contributed by atoms with Crippen LogP contribution in [0, 0.1) is 6.92 Å². The number of rotatable bonds is 3. The van der Waals surface area contributed by atoms with E-state index in [0.29, 0.717) is 4.83 Å². The van der Waals surface area contributed by atoms with Gasteiger partial charge in [-0.1, -0.05) is 52.7 Å². The van der Waals surface area contributed by atoms with E-state index in [2.05, 4.69) is 66.2 Å². The Morgan fingerprint density at radius 2 is 2.06 bits per heavy atom. The molecule has 0 bridgehead atoms. The maximum absolute atomic E-state index is 3.78. The first-order chi connectivity index (χ1) is 7.70. The van der Waals surface area contributed by atoms with Gasteiger partial charge < -0.3 is 0 Å². The minimum absolute atomic E-state index is 0.331. The van der Waals surface area contributed by atoms with E-state index in [1.165, 1.54) is 20.9 Å². The normalized spacial score (nSPS) is 12.7. The van der Waals surface area contributed by atoms with Crippen molar-refractivity contribution in [2.75, 3.05) is 0 Å². The molecule has 0 N–H and O–H groups in total. The molecule has 0 amide bonds. The lowest BCUT2D eigenvalue weighted by molar-refractivity contribution is 1.19. The summed E-state index contributed by atoms with van der Waals surface area (Å²) < 4.78 is 0. The van der Waals surface area contributed by atoms with Crippen molar-refractivity contribution in [1.82, 2.24) is 0 Å². The third-order valence-corrected chi connectivity index (χ3v) is 5.23. The minimum atomic E-state index is 0.331. The molecule has 1 atom stereocenters. The fourth-order valence-electron chi connectivity index (χ4n) is 1.71. The van der Waals surface area contributed by atoms with Crippen molar-refractivity contribution in [3.8, 4) is 0 Å². The summed E-state index contributed by atoms with van der Waals surface area (Å²) in [5.74, 6) is 0. The summed E-state index contributed by atoms with van der Waals surface area (Å²) in [5, 5.41) is 0. The van der Waals surface area contributed by atoms with Crippen molar-refractivity contribution in [1.29, 1.82) is 0 Å². The van der Waals surface area contributed by atoms with E-state index in [1.54, 1.807) is 0 Å². The summed E-state index contributed by atoms with van der Waals surface area (Å²) in [5.41, 5.74) is 2.65. The smallest absolute Gasteiger partial charge is 0.0738 e. The molecular weight excluding hydrogens is 280 g/mol. The van der Waals surface area contributed by atoms with Gasteiger partial charge in [-0.2, -0.15) is 0 Å². The molecule has 0 spiro atoms. The number of aryl methyl sites for hydroxylation is 2. The maximum Gasteiger partial charge on any atom is 0.0738 e. The number of halogens is 1. The first-order valence-corrected chi connectivity index (χ1v) is 7.23. The van der Waals surface area contributed by atoms with Crippen LogP contribution in [0.1, 0.15) is 32.6 Å². The van der Waals surface area contributed by atoms with Crippen LogP contribution in [0.3, 0.4) is 0 Å². The Kier molecular flexibility index (Phi) is 3.82. The van der Waals surface area contributed by atoms with Gasteiger partial charge in [0.2, 0.25) is 0 Å². The molecule has 0 aliphatic rings. The van der Waals surface area contributed by atoms with Gasteiger partial charge in [-0.15, -0.1) is 11.3 Å². The van der Waals surface area contributed by atoms with Crippen LogP contribution in [0.2, 0.25) is 0 Å². The van der Waals surface area contributed by atoms with Crippen LogP contribution in [0.25, 0.3) is 0 Å². The summed E-state index contributed by atoms with van der Waals surface area (Å²) in [6.07, 6.45) is 1.12. The van der Waals surface area contributed by atoms with Gasteiger partial charge in [-0.3, -0.25) is 0 Å². The van der Waals surface area contributed by atoms with Crippen LogP contribution in [-0.2, 0) is 6.42 Å². The molecule has 84 valence electrons. The molecule has 0 radical (unpaired) electrons. The van der Waals surface area contributed by atoms with Crippen LogP contribution in [0.4, 0.5) is 0 Å². The molecule has 0 nitrogen and oxygen atoms in total. The summed E-state index contributed by atoms with van der Waals surface area (Å²) in [4.78, 5) is 3.17. The molecule has 1 aromatic heterocycles. The Balaban J connectivity index is 2.27. The van der Waals surface area contributed by atoms with E-state index in [-0.39, 0.29) is 0 Å². The topological polar surface area (TPSA) is 0 Å². The number of hydrogen-bond acceptors (Lipinski definition) is 1.